The molecule has 0 aromatic carbocycles. The zero-order valence-corrected chi connectivity index (χ0v) is 9.02. The summed E-state index contributed by atoms with van der Waals surface area (Å²) in [6.45, 7) is 4.41. The fourth-order valence-corrected chi connectivity index (χ4v) is 3.82. The maximum Gasteiger partial charge on any atom is 0.0456 e. The van der Waals surface area contributed by atoms with Gasteiger partial charge in [0.25, 0.3) is 0 Å². The van der Waals surface area contributed by atoms with E-state index in [0.717, 1.165) is 0 Å². The molecule has 0 unspecified atom stereocenters. The van der Waals surface area contributed by atoms with Crippen LogP contribution in [-0.4, -0.2) is 0 Å². The summed E-state index contributed by atoms with van der Waals surface area (Å²) in [6, 6.07) is 4.64. The summed E-state index contributed by atoms with van der Waals surface area (Å²) in [5.74, 6) is 0. The van der Waals surface area contributed by atoms with E-state index in [-0.39, 0.29) is 0 Å². The van der Waals surface area contributed by atoms with Crippen LogP contribution in [0.4, 0.5) is 0 Å². The molecule has 0 radical (unpaired) electrons. The third kappa shape index (κ3) is 1.41. The summed E-state index contributed by atoms with van der Waals surface area (Å²) in [5.41, 5.74) is 0. The lowest BCUT2D eigenvalue weighted by molar-refractivity contribution is 0.941. The van der Waals surface area contributed by atoms with Crippen LogP contribution in [0.25, 0.3) is 9.40 Å². The van der Waals surface area contributed by atoms with E-state index in [1.165, 1.54) is 27.1 Å². The van der Waals surface area contributed by atoms with E-state index in [1.54, 1.807) is 4.88 Å². The maximum atomic E-state index is 2.35. The molecule has 0 bridgehead atoms. The first-order chi connectivity index (χ1) is 5.79. The second-order valence-corrected chi connectivity index (χ2v) is 5.50. The fraction of sp³-hybridized carbons (Fsp3) is 0.400. The summed E-state index contributed by atoms with van der Waals surface area (Å²) < 4.78 is 2.95. The third-order valence-electron chi connectivity index (χ3n) is 1.88. The molecule has 2 rings (SSSR count). The SMILES string of the molecule is CCCc1cc2sc(C)cc2s1. The van der Waals surface area contributed by atoms with Crippen LogP contribution in [0, 0.1) is 6.92 Å². The molecule has 0 saturated carbocycles. The Labute approximate surface area is 80.9 Å². The first-order valence-electron chi connectivity index (χ1n) is 4.28. The highest BCUT2D eigenvalue weighted by atomic mass is 32.1. The Balaban J connectivity index is 2.43. The monoisotopic (exact) mass is 196 g/mol. The highest BCUT2D eigenvalue weighted by Gasteiger charge is 2.03. The Morgan fingerprint density at radius 2 is 1.92 bits per heavy atom. The molecular formula is C10H12S2. The Morgan fingerprint density at radius 1 is 1.17 bits per heavy atom. The molecule has 2 aromatic heterocycles. The summed E-state index contributed by atoms with van der Waals surface area (Å²) >= 11 is 3.86. The summed E-state index contributed by atoms with van der Waals surface area (Å²) in [6.07, 6.45) is 2.50. The van der Waals surface area contributed by atoms with Gasteiger partial charge in [0.05, 0.1) is 0 Å². The zero-order chi connectivity index (χ0) is 8.55. The average Bonchev–Trinajstić information content (AvgIpc) is 2.44. The molecule has 0 fully saturated rings. The van der Waals surface area contributed by atoms with Crippen LogP contribution >= 0.6 is 22.7 Å². The lowest BCUT2D eigenvalue weighted by Crippen LogP contribution is -1.72. The molecule has 0 aliphatic carbocycles. The summed E-state index contributed by atoms with van der Waals surface area (Å²) in [7, 11) is 0. The summed E-state index contributed by atoms with van der Waals surface area (Å²) in [5, 5.41) is 0. The molecule has 2 heteroatoms. The Morgan fingerprint density at radius 3 is 2.58 bits per heavy atom. The predicted octanol–water partition coefficient (Wildman–Crippen LogP) is 4.22. The number of hydrogen-bond donors (Lipinski definition) is 0. The lowest BCUT2D eigenvalue weighted by atomic mass is 10.3. The first-order valence-corrected chi connectivity index (χ1v) is 5.91. The summed E-state index contributed by atoms with van der Waals surface area (Å²) in [4.78, 5) is 2.97. The van der Waals surface area contributed by atoms with Crippen LogP contribution in [0.1, 0.15) is 23.1 Å². The van der Waals surface area contributed by atoms with Crippen molar-refractivity contribution in [3.8, 4) is 0 Å². The molecule has 0 nitrogen and oxygen atoms in total. The minimum absolute atomic E-state index is 1.24. The van der Waals surface area contributed by atoms with Gasteiger partial charge < -0.3 is 0 Å². The van der Waals surface area contributed by atoms with Crippen molar-refractivity contribution in [1.82, 2.24) is 0 Å². The van der Waals surface area contributed by atoms with Gasteiger partial charge in [-0.15, -0.1) is 22.7 Å². The van der Waals surface area contributed by atoms with Crippen LogP contribution < -0.4 is 0 Å². The molecular weight excluding hydrogens is 184 g/mol. The molecule has 0 aliphatic rings. The van der Waals surface area contributed by atoms with E-state index in [1.807, 2.05) is 22.7 Å². The normalized spacial score (nSPS) is 11.2. The van der Waals surface area contributed by atoms with Crippen molar-refractivity contribution in [3.05, 3.63) is 21.9 Å². The van der Waals surface area contributed by atoms with Crippen molar-refractivity contribution in [2.75, 3.05) is 0 Å². The van der Waals surface area contributed by atoms with Crippen LogP contribution in [0.15, 0.2) is 12.1 Å². The molecule has 0 aliphatic heterocycles. The number of hydrogen-bond acceptors (Lipinski definition) is 2. The van der Waals surface area contributed by atoms with Crippen LogP contribution in [0.3, 0.4) is 0 Å². The number of thiophene rings is 2. The van der Waals surface area contributed by atoms with Gasteiger partial charge in [0.1, 0.15) is 0 Å². The predicted molar refractivity (Wildman–Crippen MR) is 58.4 cm³/mol. The number of aryl methyl sites for hydroxylation is 2. The maximum absolute atomic E-state index is 2.35. The highest BCUT2D eigenvalue weighted by molar-refractivity contribution is 7.27. The number of rotatable bonds is 2. The van der Waals surface area contributed by atoms with Gasteiger partial charge in [0, 0.05) is 19.2 Å². The van der Waals surface area contributed by atoms with E-state index in [4.69, 9.17) is 0 Å². The Hall–Kier alpha value is -0.340. The Kier molecular flexibility index (Phi) is 2.20. The van der Waals surface area contributed by atoms with Crippen molar-refractivity contribution in [1.29, 1.82) is 0 Å². The van der Waals surface area contributed by atoms with Crippen LogP contribution in [0.5, 0.6) is 0 Å². The molecule has 0 spiro atoms. The van der Waals surface area contributed by atoms with Crippen molar-refractivity contribution >= 4 is 32.1 Å². The van der Waals surface area contributed by atoms with Gasteiger partial charge in [-0.05, 0) is 25.5 Å². The standard InChI is InChI=1S/C10H12S2/c1-3-4-8-6-10-9(12-8)5-7(2)11-10/h5-6H,3-4H2,1-2H3. The zero-order valence-electron chi connectivity index (χ0n) is 7.39. The van der Waals surface area contributed by atoms with Gasteiger partial charge in [-0.1, -0.05) is 13.3 Å². The van der Waals surface area contributed by atoms with Gasteiger partial charge in [-0.2, -0.15) is 0 Å². The molecule has 12 heavy (non-hydrogen) atoms. The molecule has 64 valence electrons. The topological polar surface area (TPSA) is 0 Å². The largest absolute Gasteiger partial charge is 0.140 e. The van der Waals surface area contributed by atoms with Crippen molar-refractivity contribution in [2.24, 2.45) is 0 Å². The first kappa shape index (κ1) is 8.27. The van der Waals surface area contributed by atoms with Crippen molar-refractivity contribution in [3.63, 3.8) is 0 Å². The van der Waals surface area contributed by atoms with Crippen LogP contribution in [0.2, 0.25) is 0 Å². The minimum atomic E-state index is 1.24. The van der Waals surface area contributed by atoms with E-state index >= 15 is 0 Å². The third-order valence-corrected chi connectivity index (χ3v) is 4.15. The Bertz CT molecular complexity index is 350. The van der Waals surface area contributed by atoms with Gasteiger partial charge in [-0.3, -0.25) is 0 Å². The smallest absolute Gasteiger partial charge is 0.0456 e. The second-order valence-electron chi connectivity index (χ2n) is 3.05. The highest BCUT2D eigenvalue weighted by Crippen LogP contribution is 2.33. The number of fused-ring (bicyclic) bond motifs is 1. The molecule has 0 N–H and O–H groups in total. The molecule has 2 aromatic rings. The minimum Gasteiger partial charge on any atom is -0.140 e. The molecule has 0 saturated heterocycles. The van der Waals surface area contributed by atoms with E-state index < -0.39 is 0 Å². The molecule has 0 amide bonds. The van der Waals surface area contributed by atoms with E-state index in [9.17, 15) is 0 Å². The molecule has 2 heterocycles. The van der Waals surface area contributed by atoms with E-state index in [0.29, 0.717) is 0 Å². The van der Waals surface area contributed by atoms with Crippen molar-refractivity contribution in [2.45, 2.75) is 26.7 Å². The lowest BCUT2D eigenvalue weighted by Gasteiger charge is -1.87. The second kappa shape index (κ2) is 3.19. The van der Waals surface area contributed by atoms with Gasteiger partial charge in [0.2, 0.25) is 0 Å². The van der Waals surface area contributed by atoms with Crippen LogP contribution in [-0.2, 0) is 6.42 Å². The van der Waals surface area contributed by atoms with Gasteiger partial charge in [0.15, 0.2) is 0 Å². The van der Waals surface area contributed by atoms with E-state index in [2.05, 4.69) is 26.0 Å². The van der Waals surface area contributed by atoms with Gasteiger partial charge >= 0.3 is 0 Å². The van der Waals surface area contributed by atoms with Crippen molar-refractivity contribution < 1.29 is 0 Å². The quantitative estimate of drug-likeness (QED) is 0.674. The van der Waals surface area contributed by atoms with Gasteiger partial charge in [-0.25, -0.2) is 0 Å². The fourth-order valence-electron chi connectivity index (χ4n) is 1.38. The molecule has 0 atom stereocenters. The average molecular weight is 196 g/mol.